The molecular weight excluding hydrogens is 464 g/mol. The number of rotatable bonds is 22. The Labute approximate surface area is 195 Å². The van der Waals surface area contributed by atoms with Crippen LogP contribution in [-0.4, -0.2) is 99.5 Å². The molecule has 0 saturated heterocycles. The third-order valence-electron chi connectivity index (χ3n) is 3.94. The van der Waals surface area contributed by atoms with Crippen molar-refractivity contribution in [2.75, 3.05) is 67.2 Å². The first-order chi connectivity index (χ1) is 16.5. The van der Waals surface area contributed by atoms with Gasteiger partial charge in [0, 0.05) is 5.56 Å². The zero-order chi connectivity index (χ0) is 25.0. The predicted molar refractivity (Wildman–Crippen MR) is 110 cm³/mol. The van der Waals surface area contributed by atoms with E-state index in [4.69, 9.17) is 38.6 Å². The zero-order valence-corrected chi connectivity index (χ0v) is 18.5. The number of hydrogen-bond acceptors (Lipinski definition) is 12. The van der Waals surface area contributed by atoms with Gasteiger partial charge in [0.25, 0.3) is 0 Å². The summed E-state index contributed by atoms with van der Waals surface area (Å²) >= 11 is 0. The number of benzene rings is 1. The standard InChI is InChI=1S/C20H30O14/c21-9-33-13-29-5-3-27-11-31-7-15-1-2-16(19(23)24)17(18(15)20(25)26)8-32-12-28-4-6-30-14-34-10-22/h1-2,21-22H,3-14H2,(H,23,24)(H,25,26). The first-order valence-electron chi connectivity index (χ1n) is 9.97. The van der Waals surface area contributed by atoms with Crippen molar-refractivity contribution < 1.29 is 67.9 Å². The van der Waals surface area contributed by atoms with Crippen LogP contribution in [0.25, 0.3) is 0 Å². The summed E-state index contributed by atoms with van der Waals surface area (Å²) in [5.74, 6) is -2.64. The third kappa shape index (κ3) is 12.3. The highest BCUT2D eigenvalue weighted by molar-refractivity contribution is 5.97. The van der Waals surface area contributed by atoms with Crippen molar-refractivity contribution in [1.29, 1.82) is 0 Å². The Hall–Kier alpha value is -2.24. The fraction of sp³-hybridized carbons (Fsp3) is 0.600. The van der Waals surface area contributed by atoms with Crippen molar-refractivity contribution in [3.05, 3.63) is 34.4 Å². The number of hydrogen-bond donors (Lipinski definition) is 4. The highest BCUT2D eigenvalue weighted by Gasteiger charge is 2.22. The molecule has 14 nitrogen and oxygen atoms in total. The molecule has 14 heteroatoms. The summed E-state index contributed by atoms with van der Waals surface area (Å²) < 4.78 is 40.1. The number of carboxylic acids is 2. The van der Waals surface area contributed by atoms with Crippen LogP contribution in [0, 0.1) is 0 Å². The number of carbonyl (C=O) groups is 2. The molecule has 1 rings (SSSR count). The molecule has 194 valence electrons. The fourth-order valence-corrected chi connectivity index (χ4v) is 2.51. The number of ether oxygens (including phenoxy) is 8. The monoisotopic (exact) mass is 494 g/mol. The van der Waals surface area contributed by atoms with Crippen LogP contribution in [0.3, 0.4) is 0 Å². The molecule has 0 aliphatic heterocycles. The van der Waals surface area contributed by atoms with Crippen LogP contribution in [0.15, 0.2) is 12.1 Å². The van der Waals surface area contributed by atoms with Gasteiger partial charge < -0.3 is 58.3 Å². The molecule has 0 atom stereocenters. The first-order valence-corrected chi connectivity index (χ1v) is 9.97. The second kappa shape index (κ2) is 19.1. The lowest BCUT2D eigenvalue weighted by Crippen LogP contribution is -2.16. The van der Waals surface area contributed by atoms with Gasteiger partial charge in [-0.3, -0.25) is 0 Å². The summed E-state index contributed by atoms with van der Waals surface area (Å²) in [6, 6.07) is 2.63. The third-order valence-corrected chi connectivity index (χ3v) is 3.94. The van der Waals surface area contributed by atoms with Crippen LogP contribution >= 0.6 is 0 Å². The minimum Gasteiger partial charge on any atom is -0.478 e. The molecule has 0 saturated carbocycles. The Bertz CT molecular complexity index is 711. The van der Waals surface area contributed by atoms with Gasteiger partial charge in [-0.2, -0.15) is 0 Å². The molecule has 0 fully saturated rings. The average Bonchev–Trinajstić information content (AvgIpc) is 2.81. The number of carboxylic acid groups (broad SMARTS) is 2. The normalized spacial score (nSPS) is 11.1. The molecule has 0 bridgehead atoms. The molecule has 0 amide bonds. The molecule has 34 heavy (non-hydrogen) atoms. The van der Waals surface area contributed by atoms with Crippen molar-refractivity contribution >= 4 is 11.9 Å². The highest BCUT2D eigenvalue weighted by atomic mass is 16.7. The first kappa shape index (κ1) is 29.8. The van der Waals surface area contributed by atoms with Crippen LogP contribution in [0.1, 0.15) is 31.8 Å². The maximum Gasteiger partial charge on any atom is 0.336 e. The molecule has 0 aliphatic carbocycles. The van der Waals surface area contributed by atoms with E-state index in [2.05, 4.69) is 9.47 Å². The molecule has 0 aliphatic rings. The van der Waals surface area contributed by atoms with Crippen LogP contribution in [-0.2, 0) is 51.1 Å². The average molecular weight is 494 g/mol. The molecule has 0 radical (unpaired) electrons. The van der Waals surface area contributed by atoms with Gasteiger partial charge in [-0.15, -0.1) is 0 Å². The van der Waals surface area contributed by atoms with Crippen molar-refractivity contribution in [3.63, 3.8) is 0 Å². The minimum absolute atomic E-state index is 0.0319. The minimum atomic E-state index is -1.34. The Balaban J connectivity index is 2.58. The van der Waals surface area contributed by atoms with Gasteiger partial charge >= 0.3 is 11.9 Å². The lowest BCUT2D eigenvalue weighted by molar-refractivity contribution is -0.128. The van der Waals surface area contributed by atoms with Crippen molar-refractivity contribution in [1.82, 2.24) is 0 Å². The van der Waals surface area contributed by atoms with Gasteiger partial charge in [0.05, 0.1) is 50.8 Å². The van der Waals surface area contributed by atoms with E-state index < -0.39 is 25.5 Å². The van der Waals surface area contributed by atoms with E-state index in [1.54, 1.807) is 0 Å². The van der Waals surface area contributed by atoms with Gasteiger partial charge in [-0.1, -0.05) is 6.07 Å². The molecule has 1 aromatic rings. The number of aromatic carboxylic acids is 2. The highest BCUT2D eigenvalue weighted by Crippen LogP contribution is 2.22. The number of aliphatic hydroxyl groups is 2. The summed E-state index contributed by atoms with van der Waals surface area (Å²) in [5.41, 5.74) is -0.251. The van der Waals surface area contributed by atoms with Gasteiger partial charge in [-0.05, 0) is 11.6 Å². The summed E-state index contributed by atoms with van der Waals surface area (Å²) in [6.07, 6.45) is 0. The molecule has 0 aromatic heterocycles. The van der Waals surface area contributed by atoms with E-state index in [1.165, 1.54) is 12.1 Å². The van der Waals surface area contributed by atoms with Crippen LogP contribution in [0.5, 0.6) is 0 Å². The molecule has 0 unspecified atom stereocenters. The molecule has 1 aromatic carbocycles. The van der Waals surface area contributed by atoms with Crippen molar-refractivity contribution in [2.45, 2.75) is 13.2 Å². The molecule has 0 spiro atoms. The molecule has 0 heterocycles. The smallest absolute Gasteiger partial charge is 0.336 e. The van der Waals surface area contributed by atoms with Crippen LogP contribution < -0.4 is 0 Å². The fourth-order valence-electron chi connectivity index (χ4n) is 2.51. The Morgan fingerprint density at radius 1 is 0.618 bits per heavy atom. The lowest BCUT2D eigenvalue weighted by atomic mass is 9.96. The summed E-state index contributed by atoms with van der Waals surface area (Å²) in [7, 11) is 0. The summed E-state index contributed by atoms with van der Waals surface area (Å²) in [6.45, 7) is -1.27. The maximum absolute atomic E-state index is 11.9. The van der Waals surface area contributed by atoms with Gasteiger partial charge in [-0.25, -0.2) is 9.59 Å². The maximum atomic E-state index is 11.9. The zero-order valence-electron chi connectivity index (χ0n) is 18.5. The van der Waals surface area contributed by atoms with E-state index in [9.17, 15) is 19.8 Å². The van der Waals surface area contributed by atoms with Gasteiger partial charge in [0.2, 0.25) is 0 Å². The summed E-state index contributed by atoms with van der Waals surface area (Å²) in [5, 5.41) is 36.0. The lowest BCUT2D eigenvalue weighted by Gasteiger charge is -2.15. The Morgan fingerprint density at radius 3 is 1.53 bits per heavy atom. The van der Waals surface area contributed by atoms with E-state index in [0.29, 0.717) is 0 Å². The molecule has 4 N–H and O–H groups in total. The van der Waals surface area contributed by atoms with E-state index in [0.717, 1.165) is 0 Å². The van der Waals surface area contributed by atoms with Gasteiger partial charge in [0.1, 0.15) is 40.8 Å². The van der Waals surface area contributed by atoms with Crippen LogP contribution in [0.4, 0.5) is 0 Å². The Morgan fingerprint density at radius 2 is 1.09 bits per heavy atom. The predicted octanol–water partition coefficient (Wildman–Crippen LogP) is -0.0546. The largest absolute Gasteiger partial charge is 0.478 e. The Kier molecular flexibility index (Phi) is 16.7. The summed E-state index contributed by atoms with van der Waals surface area (Å²) in [4.78, 5) is 23.5. The quantitative estimate of drug-likeness (QED) is 0.124. The second-order valence-electron chi connectivity index (χ2n) is 6.20. The van der Waals surface area contributed by atoms with E-state index >= 15 is 0 Å². The van der Waals surface area contributed by atoms with E-state index in [-0.39, 0.29) is 89.1 Å². The van der Waals surface area contributed by atoms with Crippen molar-refractivity contribution in [2.24, 2.45) is 0 Å². The van der Waals surface area contributed by atoms with Crippen LogP contribution in [0.2, 0.25) is 0 Å². The molecular formula is C20H30O14. The topological polar surface area (TPSA) is 189 Å². The van der Waals surface area contributed by atoms with Gasteiger partial charge in [0.15, 0.2) is 0 Å². The number of aliphatic hydroxyl groups excluding tert-OH is 2. The van der Waals surface area contributed by atoms with Crippen molar-refractivity contribution in [3.8, 4) is 0 Å². The second-order valence-corrected chi connectivity index (χ2v) is 6.20. The van der Waals surface area contributed by atoms with E-state index in [1.807, 2.05) is 0 Å². The SMILES string of the molecule is O=C(O)c1ccc(COCOCCOCOCO)c(C(=O)O)c1COCOCCOCOCO.